The third-order valence-electron chi connectivity index (χ3n) is 3.75. The molecule has 2 aromatic rings. The predicted octanol–water partition coefficient (Wildman–Crippen LogP) is 2.36. The Morgan fingerprint density at radius 2 is 2.17 bits per heavy atom. The molecule has 1 atom stereocenters. The van der Waals surface area contributed by atoms with Gasteiger partial charge in [0.05, 0.1) is 12.3 Å². The zero-order valence-corrected chi connectivity index (χ0v) is 13.4. The van der Waals surface area contributed by atoms with Gasteiger partial charge in [0.25, 0.3) is 0 Å². The number of nitrogens with zero attached hydrogens (tertiary/aromatic N) is 1. The molecule has 1 aliphatic heterocycles. The van der Waals surface area contributed by atoms with Gasteiger partial charge in [-0.2, -0.15) is 0 Å². The van der Waals surface area contributed by atoms with Crippen LogP contribution in [-0.2, 0) is 9.59 Å². The molecule has 6 heteroatoms. The van der Waals surface area contributed by atoms with E-state index in [1.54, 1.807) is 6.07 Å². The number of carbonyl (C=O) groups excluding carboxylic acids is 2. The average molecular weight is 325 g/mol. The molecule has 2 amide bonds. The quantitative estimate of drug-likeness (QED) is 0.884. The maximum Gasteiger partial charge on any atom is 0.248 e. The monoisotopic (exact) mass is 325 g/mol. The zero-order valence-electron chi connectivity index (χ0n) is 13.4. The van der Waals surface area contributed by atoms with Crippen molar-refractivity contribution >= 4 is 17.6 Å². The van der Waals surface area contributed by atoms with Crippen LogP contribution in [0.15, 0.2) is 42.5 Å². The first-order chi connectivity index (χ1) is 11.7. The molecular formula is C18H19N3O3. The van der Waals surface area contributed by atoms with Gasteiger partial charge in [0.2, 0.25) is 11.8 Å². The molecule has 0 bridgehead atoms. The van der Waals surface area contributed by atoms with E-state index in [4.69, 9.17) is 4.74 Å². The van der Waals surface area contributed by atoms with E-state index in [2.05, 4.69) is 15.6 Å². The number of carbonyl (C=O) groups is 2. The van der Waals surface area contributed by atoms with E-state index in [1.807, 2.05) is 43.3 Å². The van der Waals surface area contributed by atoms with Gasteiger partial charge in [0.15, 0.2) is 0 Å². The van der Waals surface area contributed by atoms with E-state index in [0.29, 0.717) is 25.3 Å². The number of aromatic nitrogens is 1. The molecule has 2 heterocycles. The van der Waals surface area contributed by atoms with Crippen LogP contribution in [0.3, 0.4) is 0 Å². The minimum atomic E-state index is -0.482. The molecule has 124 valence electrons. The van der Waals surface area contributed by atoms with Crippen molar-refractivity contribution < 1.29 is 14.3 Å². The molecule has 2 N–H and O–H groups in total. The lowest BCUT2D eigenvalue weighted by molar-refractivity contribution is -0.122. The van der Waals surface area contributed by atoms with Gasteiger partial charge in [0.1, 0.15) is 17.6 Å². The summed E-state index contributed by atoms with van der Waals surface area (Å²) in [6, 6.07) is 12.6. The molecule has 1 fully saturated rings. The van der Waals surface area contributed by atoms with Crippen LogP contribution in [0.4, 0.5) is 5.82 Å². The summed E-state index contributed by atoms with van der Waals surface area (Å²) >= 11 is 0. The number of pyridine rings is 1. The van der Waals surface area contributed by atoms with Gasteiger partial charge in [-0.1, -0.05) is 18.2 Å². The Labute approximate surface area is 140 Å². The molecule has 0 saturated carbocycles. The lowest BCUT2D eigenvalue weighted by Gasteiger charge is -2.11. The molecule has 0 radical (unpaired) electrons. The molecule has 1 aliphatic rings. The smallest absolute Gasteiger partial charge is 0.248 e. The van der Waals surface area contributed by atoms with Gasteiger partial charge in [-0.15, -0.1) is 0 Å². The topological polar surface area (TPSA) is 80.3 Å². The van der Waals surface area contributed by atoms with E-state index < -0.39 is 6.04 Å². The molecule has 0 aliphatic carbocycles. The molecule has 1 aromatic carbocycles. The highest BCUT2D eigenvalue weighted by Crippen LogP contribution is 2.23. The highest BCUT2D eigenvalue weighted by Gasteiger charge is 2.27. The maximum absolute atomic E-state index is 12.2. The summed E-state index contributed by atoms with van der Waals surface area (Å²) in [6.45, 7) is 2.53. The highest BCUT2D eigenvalue weighted by atomic mass is 16.5. The molecule has 0 spiro atoms. The van der Waals surface area contributed by atoms with Gasteiger partial charge in [-0.25, -0.2) is 4.98 Å². The summed E-state index contributed by atoms with van der Waals surface area (Å²) in [4.78, 5) is 27.9. The van der Waals surface area contributed by atoms with Crippen molar-refractivity contribution in [2.75, 3.05) is 11.9 Å². The van der Waals surface area contributed by atoms with Crippen molar-refractivity contribution in [3.63, 3.8) is 0 Å². The molecule has 24 heavy (non-hydrogen) atoms. The number of rotatable bonds is 5. The van der Waals surface area contributed by atoms with Crippen molar-refractivity contribution in [3.05, 3.63) is 42.5 Å². The van der Waals surface area contributed by atoms with Crippen molar-refractivity contribution in [3.8, 4) is 17.0 Å². The van der Waals surface area contributed by atoms with Crippen molar-refractivity contribution in [2.45, 2.75) is 25.8 Å². The Balaban J connectivity index is 1.75. The summed E-state index contributed by atoms with van der Waals surface area (Å²) in [5.41, 5.74) is 1.65. The standard InChI is InChI=1S/C18H19N3O3/c1-2-24-13-6-3-5-12(11-13)14-7-4-8-16(19-14)21-18(23)15-9-10-17(22)20-15/h3-8,11,15H,2,9-10H2,1H3,(H,20,22)(H,19,21,23)/t15-/m0/s1. The first kappa shape index (κ1) is 16.0. The van der Waals surface area contributed by atoms with Gasteiger partial charge in [0, 0.05) is 12.0 Å². The highest BCUT2D eigenvalue weighted by molar-refractivity contribution is 5.98. The number of hydrogen-bond donors (Lipinski definition) is 2. The van der Waals surface area contributed by atoms with Gasteiger partial charge in [-0.3, -0.25) is 9.59 Å². The normalized spacial score (nSPS) is 16.5. The summed E-state index contributed by atoms with van der Waals surface area (Å²) in [6.07, 6.45) is 0.899. The van der Waals surface area contributed by atoms with Gasteiger partial charge in [-0.05, 0) is 37.6 Å². The molecule has 1 aromatic heterocycles. The summed E-state index contributed by atoms with van der Waals surface area (Å²) in [7, 11) is 0. The van der Waals surface area contributed by atoms with Crippen LogP contribution in [0.2, 0.25) is 0 Å². The van der Waals surface area contributed by atoms with Crippen molar-refractivity contribution in [1.82, 2.24) is 10.3 Å². The molecule has 1 saturated heterocycles. The summed E-state index contributed by atoms with van der Waals surface area (Å²) < 4.78 is 5.50. The second-order valence-electron chi connectivity index (χ2n) is 5.52. The van der Waals surface area contributed by atoms with Crippen LogP contribution < -0.4 is 15.4 Å². The SMILES string of the molecule is CCOc1cccc(-c2cccc(NC(=O)[C@@H]3CCC(=O)N3)n2)c1. The number of benzene rings is 1. The largest absolute Gasteiger partial charge is 0.494 e. The van der Waals surface area contributed by atoms with Crippen molar-refractivity contribution in [1.29, 1.82) is 0 Å². The Morgan fingerprint density at radius 3 is 2.92 bits per heavy atom. The Hall–Kier alpha value is -2.89. The van der Waals surface area contributed by atoms with Crippen LogP contribution in [0.5, 0.6) is 5.75 Å². The Bertz CT molecular complexity index is 761. The minimum Gasteiger partial charge on any atom is -0.494 e. The third kappa shape index (κ3) is 3.71. The molecule has 3 rings (SSSR count). The lowest BCUT2D eigenvalue weighted by atomic mass is 10.1. The van der Waals surface area contributed by atoms with Crippen LogP contribution in [0, 0.1) is 0 Å². The second-order valence-corrected chi connectivity index (χ2v) is 5.52. The number of ether oxygens (including phenoxy) is 1. The summed E-state index contributed by atoms with van der Waals surface area (Å²) in [5.74, 6) is 0.901. The van der Waals surface area contributed by atoms with E-state index in [1.165, 1.54) is 0 Å². The summed E-state index contributed by atoms with van der Waals surface area (Å²) in [5, 5.41) is 5.40. The minimum absolute atomic E-state index is 0.0930. The fourth-order valence-electron chi connectivity index (χ4n) is 2.60. The fraction of sp³-hybridized carbons (Fsp3) is 0.278. The van der Waals surface area contributed by atoms with E-state index >= 15 is 0 Å². The molecule has 0 unspecified atom stereocenters. The second kappa shape index (κ2) is 7.12. The Kier molecular flexibility index (Phi) is 4.74. The van der Waals surface area contributed by atoms with E-state index in [9.17, 15) is 9.59 Å². The lowest BCUT2D eigenvalue weighted by Crippen LogP contribution is -2.37. The first-order valence-corrected chi connectivity index (χ1v) is 7.96. The predicted molar refractivity (Wildman–Crippen MR) is 90.6 cm³/mol. The van der Waals surface area contributed by atoms with Crippen molar-refractivity contribution in [2.24, 2.45) is 0 Å². The average Bonchev–Trinajstić information content (AvgIpc) is 3.02. The van der Waals surface area contributed by atoms with Crippen LogP contribution in [-0.4, -0.2) is 29.4 Å². The van der Waals surface area contributed by atoms with Gasteiger partial charge >= 0.3 is 0 Å². The molecular weight excluding hydrogens is 306 g/mol. The maximum atomic E-state index is 12.2. The van der Waals surface area contributed by atoms with Crippen LogP contribution in [0.25, 0.3) is 11.3 Å². The third-order valence-corrected chi connectivity index (χ3v) is 3.75. The van der Waals surface area contributed by atoms with Gasteiger partial charge < -0.3 is 15.4 Å². The number of amides is 2. The van der Waals surface area contributed by atoms with E-state index in [-0.39, 0.29) is 11.8 Å². The Morgan fingerprint density at radius 1 is 1.33 bits per heavy atom. The molecule has 6 nitrogen and oxygen atoms in total. The number of hydrogen-bond acceptors (Lipinski definition) is 4. The first-order valence-electron chi connectivity index (χ1n) is 7.96. The number of anilines is 1. The fourth-order valence-corrected chi connectivity index (χ4v) is 2.60. The number of nitrogens with one attached hydrogen (secondary N) is 2. The van der Waals surface area contributed by atoms with E-state index in [0.717, 1.165) is 17.0 Å². The van der Waals surface area contributed by atoms with Crippen LogP contribution in [0.1, 0.15) is 19.8 Å². The zero-order chi connectivity index (χ0) is 16.9. The van der Waals surface area contributed by atoms with Crippen LogP contribution >= 0.6 is 0 Å².